The Bertz CT molecular complexity index is 1110. The summed E-state index contributed by atoms with van der Waals surface area (Å²) in [4.78, 5) is 34.9. The van der Waals surface area contributed by atoms with Gasteiger partial charge in [-0.05, 0) is 25.8 Å². The first-order valence-electron chi connectivity index (χ1n) is 10.7. The molecule has 1 N–H and O–H groups in total. The van der Waals surface area contributed by atoms with Crippen LogP contribution in [0.1, 0.15) is 50.4 Å². The molecule has 3 aliphatic rings. The largest absolute Gasteiger partial charge is 0.352 e. The predicted octanol–water partition coefficient (Wildman–Crippen LogP) is 2.52. The van der Waals surface area contributed by atoms with Crippen molar-refractivity contribution in [3.05, 3.63) is 36.1 Å². The molecule has 8 nitrogen and oxygen atoms in total. The molecule has 5 heterocycles. The Balaban J connectivity index is 1.68. The van der Waals surface area contributed by atoms with Crippen molar-refractivity contribution in [2.75, 3.05) is 24.5 Å². The first-order valence-corrected chi connectivity index (χ1v) is 10.7. The van der Waals surface area contributed by atoms with Crippen LogP contribution in [-0.4, -0.2) is 57.0 Å². The Kier molecular flexibility index (Phi) is 4.36. The fourth-order valence-corrected chi connectivity index (χ4v) is 5.22. The number of nitrogens with one attached hydrogen (secondary N) is 1. The zero-order valence-electron chi connectivity index (χ0n) is 18.1. The van der Waals surface area contributed by atoms with Crippen molar-refractivity contribution in [2.45, 2.75) is 46.1 Å². The lowest BCUT2D eigenvalue weighted by Crippen LogP contribution is -2.56. The van der Waals surface area contributed by atoms with E-state index < -0.39 is 10.8 Å². The number of rotatable bonds is 0. The average molecular weight is 426 g/mol. The fourth-order valence-electron chi connectivity index (χ4n) is 5.22. The predicted molar refractivity (Wildman–Crippen MR) is 113 cm³/mol. The van der Waals surface area contributed by atoms with Crippen LogP contribution < -0.4 is 10.2 Å². The molecule has 2 atom stereocenters. The van der Waals surface area contributed by atoms with Crippen molar-refractivity contribution in [3.63, 3.8) is 0 Å². The van der Waals surface area contributed by atoms with Gasteiger partial charge in [0.05, 0.1) is 11.6 Å². The molecule has 0 spiro atoms. The van der Waals surface area contributed by atoms with Gasteiger partial charge < -0.3 is 15.1 Å². The van der Waals surface area contributed by atoms with Gasteiger partial charge in [0.15, 0.2) is 5.65 Å². The van der Waals surface area contributed by atoms with E-state index in [9.17, 15) is 14.0 Å². The molecule has 31 heavy (non-hydrogen) atoms. The molecule has 1 unspecified atom stereocenters. The summed E-state index contributed by atoms with van der Waals surface area (Å²) in [6.45, 7) is 7.16. The molecule has 0 radical (unpaired) electrons. The highest BCUT2D eigenvalue weighted by Gasteiger charge is 2.51. The molecule has 0 aliphatic carbocycles. The first kappa shape index (κ1) is 20.0. The number of allylic oxidation sites excluding steroid dienone is 1. The second-order valence-electron chi connectivity index (χ2n) is 9.91. The van der Waals surface area contributed by atoms with Gasteiger partial charge in [-0.15, -0.1) is 0 Å². The van der Waals surface area contributed by atoms with Gasteiger partial charge in [-0.25, -0.2) is 13.9 Å². The summed E-state index contributed by atoms with van der Waals surface area (Å²) < 4.78 is 16.4. The van der Waals surface area contributed by atoms with Gasteiger partial charge in [-0.3, -0.25) is 9.59 Å². The van der Waals surface area contributed by atoms with Crippen molar-refractivity contribution in [1.29, 1.82) is 0 Å². The lowest BCUT2D eigenvalue weighted by molar-refractivity contribution is -0.142. The number of nitrogens with zero attached hydrogens (tertiary/aromatic N) is 5. The number of carbonyl (C=O) groups is 2. The minimum atomic E-state index is -0.893. The van der Waals surface area contributed by atoms with Crippen LogP contribution in [0.25, 0.3) is 5.65 Å². The smallest absolute Gasteiger partial charge is 0.256 e. The van der Waals surface area contributed by atoms with Gasteiger partial charge in [0, 0.05) is 49.9 Å². The second-order valence-corrected chi connectivity index (χ2v) is 9.91. The number of amides is 2. The minimum absolute atomic E-state index is 0.0756. The van der Waals surface area contributed by atoms with Crippen molar-refractivity contribution >= 4 is 23.3 Å². The molecular formula is C22H27FN6O2. The summed E-state index contributed by atoms with van der Waals surface area (Å²) in [6.07, 6.45) is 6.40. The van der Waals surface area contributed by atoms with Gasteiger partial charge in [-0.2, -0.15) is 5.10 Å². The summed E-state index contributed by atoms with van der Waals surface area (Å²) >= 11 is 0. The van der Waals surface area contributed by atoms with Crippen LogP contribution in [0, 0.1) is 10.8 Å². The Hall–Kier alpha value is -2.97. The van der Waals surface area contributed by atoms with Crippen LogP contribution in [-0.2, 0) is 4.79 Å². The average Bonchev–Trinajstić information content (AvgIpc) is 3.36. The summed E-state index contributed by atoms with van der Waals surface area (Å²) in [6, 6.07) is 1.67. The van der Waals surface area contributed by atoms with E-state index in [4.69, 9.17) is 4.98 Å². The van der Waals surface area contributed by atoms with Crippen molar-refractivity contribution in [3.8, 4) is 0 Å². The number of fused-ring (bicyclic) bond motifs is 6. The molecule has 0 saturated carbocycles. The molecule has 2 aromatic rings. The number of hydrogen-bond donors (Lipinski definition) is 1. The monoisotopic (exact) mass is 426 g/mol. The highest BCUT2D eigenvalue weighted by atomic mass is 19.1. The van der Waals surface area contributed by atoms with E-state index >= 15 is 0 Å². The molecule has 1 fully saturated rings. The Labute approximate surface area is 180 Å². The van der Waals surface area contributed by atoms with Gasteiger partial charge >= 0.3 is 0 Å². The molecule has 4 bridgehead atoms. The summed E-state index contributed by atoms with van der Waals surface area (Å²) in [7, 11) is 0. The Morgan fingerprint density at radius 1 is 1.26 bits per heavy atom. The second kappa shape index (κ2) is 6.77. The SMILES string of the molecule is CC1(C)CNC(=O)c2cnn3ccc(nc23)N2CCC[C@@H]2C2(C)CC(F)=CN(C1)C2=O. The minimum Gasteiger partial charge on any atom is -0.352 e. The molecule has 1 saturated heterocycles. The zero-order chi connectivity index (χ0) is 22.0. The van der Waals surface area contributed by atoms with E-state index in [-0.39, 0.29) is 30.1 Å². The third kappa shape index (κ3) is 3.18. The standard InChI is InChI=1S/C22H27FN6O2/c1-21(2)12-24-19(30)15-10-25-29-8-6-17(26-18(15)29)28-7-4-5-16(28)22(3)9-14(23)11-27(13-21)20(22)31/h6,8,10-11,16H,4-5,7,9,12-13H2,1-3H3,(H,24,30)/t16-,22?/m1/s1. The molecule has 9 heteroatoms. The van der Waals surface area contributed by atoms with Crippen LogP contribution in [0.15, 0.2) is 30.5 Å². The summed E-state index contributed by atoms with van der Waals surface area (Å²) in [5.41, 5.74) is -0.459. The lowest BCUT2D eigenvalue weighted by Gasteiger charge is -2.45. The van der Waals surface area contributed by atoms with Gasteiger partial charge in [-0.1, -0.05) is 13.8 Å². The number of anilines is 1. The number of aromatic nitrogens is 3. The van der Waals surface area contributed by atoms with Gasteiger partial charge in [0.1, 0.15) is 17.2 Å². The van der Waals surface area contributed by atoms with E-state index in [2.05, 4.69) is 15.3 Å². The van der Waals surface area contributed by atoms with E-state index in [1.54, 1.807) is 10.7 Å². The van der Waals surface area contributed by atoms with Gasteiger partial charge in [0.2, 0.25) is 5.91 Å². The third-order valence-corrected chi connectivity index (χ3v) is 6.79. The zero-order valence-corrected chi connectivity index (χ0v) is 18.1. The molecular weight excluding hydrogens is 399 g/mol. The molecule has 164 valence electrons. The highest BCUT2D eigenvalue weighted by Crippen LogP contribution is 2.44. The molecule has 2 amide bonds. The number of halogens is 1. The van der Waals surface area contributed by atoms with E-state index in [1.807, 2.05) is 26.8 Å². The lowest BCUT2D eigenvalue weighted by atomic mass is 9.74. The maximum absolute atomic E-state index is 14.8. The van der Waals surface area contributed by atoms with Crippen LogP contribution in [0.5, 0.6) is 0 Å². The summed E-state index contributed by atoms with van der Waals surface area (Å²) in [5.74, 6) is 0.0486. The number of carbonyl (C=O) groups excluding carboxylic acids is 2. The third-order valence-electron chi connectivity index (χ3n) is 6.79. The molecule has 3 aliphatic heterocycles. The van der Waals surface area contributed by atoms with E-state index in [1.165, 1.54) is 17.3 Å². The van der Waals surface area contributed by atoms with Crippen molar-refractivity contribution in [2.24, 2.45) is 10.8 Å². The van der Waals surface area contributed by atoms with Crippen LogP contribution >= 0.6 is 0 Å². The normalized spacial score (nSPS) is 28.4. The first-order chi connectivity index (χ1) is 14.7. The Morgan fingerprint density at radius 3 is 2.87 bits per heavy atom. The number of hydrogen-bond acceptors (Lipinski definition) is 5. The van der Waals surface area contributed by atoms with Crippen LogP contribution in [0.4, 0.5) is 10.2 Å². The Morgan fingerprint density at radius 2 is 2.06 bits per heavy atom. The van der Waals surface area contributed by atoms with Crippen LogP contribution in [0.3, 0.4) is 0 Å². The summed E-state index contributed by atoms with van der Waals surface area (Å²) in [5, 5.41) is 7.21. The molecule has 2 aromatic heterocycles. The van der Waals surface area contributed by atoms with Crippen molar-refractivity contribution < 1.29 is 14.0 Å². The maximum Gasteiger partial charge on any atom is 0.256 e. The fraction of sp³-hybridized carbons (Fsp3) is 0.545. The highest BCUT2D eigenvalue weighted by molar-refractivity contribution is 5.99. The molecule has 0 aromatic carbocycles. The van der Waals surface area contributed by atoms with Gasteiger partial charge in [0.25, 0.3) is 5.91 Å². The van der Waals surface area contributed by atoms with Crippen LogP contribution in [0.2, 0.25) is 0 Å². The van der Waals surface area contributed by atoms with Crippen molar-refractivity contribution in [1.82, 2.24) is 24.8 Å². The maximum atomic E-state index is 14.8. The quantitative estimate of drug-likeness (QED) is 0.700. The topological polar surface area (TPSA) is 82.8 Å². The van der Waals surface area contributed by atoms with E-state index in [0.29, 0.717) is 30.1 Å². The van der Waals surface area contributed by atoms with E-state index in [0.717, 1.165) is 19.4 Å². The molecule has 5 rings (SSSR count).